The number of rotatable bonds is 13. The van der Waals surface area contributed by atoms with Crippen LogP contribution < -0.4 is 0 Å². The van der Waals surface area contributed by atoms with E-state index in [-0.39, 0.29) is 17.9 Å². The molecule has 1 fully saturated rings. The molecule has 0 radical (unpaired) electrons. The lowest BCUT2D eigenvalue weighted by molar-refractivity contribution is -0.133. The van der Waals surface area contributed by atoms with E-state index in [0.717, 1.165) is 40.8 Å². The third kappa shape index (κ3) is 8.63. The second-order valence-electron chi connectivity index (χ2n) is 12.0. The number of carbonyl (C=O) groups is 2. The number of nitrogens with zero attached hydrogens (tertiary/aromatic N) is 5. The summed E-state index contributed by atoms with van der Waals surface area (Å²) in [5, 5.41) is 9.95. The molecule has 0 bridgehead atoms. The number of hydrogen-bond acceptors (Lipinski definition) is 5. The highest BCUT2D eigenvalue weighted by Gasteiger charge is 2.30. The SMILES string of the molecule is CCCCCc1ccc(C(=O)N2CCN(C(=O)CCCSc3nnc(Cc4ccccc4)n3-c3cccc(C)c3)CC2C)cc1. The summed E-state index contributed by atoms with van der Waals surface area (Å²) in [6, 6.07) is 26.8. The van der Waals surface area contributed by atoms with Crippen molar-refractivity contribution in [3.05, 3.63) is 107 Å². The molecule has 1 aromatic heterocycles. The van der Waals surface area contributed by atoms with Gasteiger partial charge >= 0.3 is 0 Å². The molecular weight excluding hydrogens is 579 g/mol. The largest absolute Gasteiger partial charge is 0.339 e. The molecule has 236 valence electrons. The van der Waals surface area contributed by atoms with Gasteiger partial charge in [-0.25, -0.2) is 0 Å². The maximum Gasteiger partial charge on any atom is 0.254 e. The summed E-state index contributed by atoms with van der Waals surface area (Å²) in [5.41, 5.74) is 5.43. The van der Waals surface area contributed by atoms with E-state index in [1.54, 1.807) is 11.8 Å². The van der Waals surface area contributed by atoms with Crippen molar-refractivity contribution in [1.29, 1.82) is 0 Å². The minimum absolute atomic E-state index is 0.0234. The lowest BCUT2D eigenvalue weighted by atomic mass is 10.0. The van der Waals surface area contributed by atoms with Crippen LogP contribution in [-0.2, 0) is 17.6 Å². The van der Waals surface area contributed by atoms with Crippen LogP contribution in [0.3, 0.4) is 0 Å². The zero-order valence-electron chi connectivity index (χ0n) is 26.8. The van der Waals surface area contributed by atoms with E-state index in [2.05, 4.69) is 77.1 Å². The average Bonchev–Trinajstić information content (AvgIpc) is 3.45. The number of aromatic nitrogens is 3. The van der Waals surface area contributed by atoms with Crippen molar-refractivity contribution in [2.75, 3.05) is 25.4 Å². The first-order chi connectivity index (χ1) is 21.9. The Hall–Kier alpha value is -3.91. The van der Waals surface area contributed by atoms with E-state index in [9.17, 15) is 9.59 Å². The van der Waals surface area contributed by atoms with Crippen LogP contribution >= 0.6 is 11.8 Å². The molecule has 0 aliphatic carbocycles. The van der Waals surface area contributed by atoms with Gasteiger partial charge in [0.05, 0.1) is 0 Å². The Kier molecular flexibility index (Phi) is 11.5. The summed E-state index contributed by atoms with van der Waals surface area (Å²) in [7, 11) is 0. The van der Waals surface area contributed by atoms with E-state index < -0.39 is 0 Å². The fourth-order valence-electron chi connectivity index (χ4n) is 5.90. The predicted molar refractivity (Wildman–Crippen MR) is 182 cm³/mol. The summed E-state index contributed by atoms with van der Waals surface area (Å²) in [6.45, 7) is 8.03. The number of thioether (sulfide) groups is 1. The van der Waals surface area contributed by atoms with Crippen molar-refractivity contribution >= 4 is 23.6 Å². The molecule has 8 heteroatoms. The fraction of sp³-hybridized carbons (Fsp3) is 0.405. The van der Waals surface area contributed by atoms with Crippen LogP contribution in [0.25, 0.3) is 5.69 Å². The highest BCUT2D eigenvalue weighted by Crippen LogP contribution is 2.25. The second-order valence-corrected chi connectivity index (χ2v) is 13.1. The molecule has 1 unspecified atom stereocenters. The van der Waals surface area contributed by atoms with Gasteiger partial charge < -0.3 is 9.80 Å². The summed E-state index contributed by atoms with van der Waals surface area (Å²) in [5.74, 6) is 1.87. The van der Waals surface area contributed by atoms with Gasteiger partial charge in [-0.1, -0.05) is 86.1 Å². The third-order valence-corrected chi connectivity index (χ3v) is 9.46. The third-order valence-electron chi connectivity index (χ3n) is 8.44. The molecule has 1 saturated heterocycles. The molecule has 0 spiro atoms. The van der Waals surface area contributed by atoms with E-state index in [1.165, 1.54) is 36.0 Å². The molecule has 1 aliphatic rings. The number of unbranched alkanes of at least 4 members (excludes halogenated alkanes) is 2. The number of aryl methyl sites for hydroxylation is 2. The molecule has 1 aliphatic heterocycles. The molecule has 2 heterocycles. The number of benzene rings is 3. The monoisotopic (exact) mass is 623 g/mol. The molecule has 5 rings (SSSR count). The zero-order chi connectivity index (χ0) is 31.6. The lowest BCUT2D eigenvalue weighted by Gasteiger charge is -2.40. The van der Waals surface area contributed by atoms with Crippen molar-refractivity contribution in [2.45, 2.75) is 76.9 Å². The topological polar surface area (TPSA) is 71.3 Å². The first-order valence-electron chi connectivity index (χ1n) is 16.3. The van der Waals surface area contributed by atoms with E-state index in [1.807, 2.05) is 47.1 Å². The van der Waals surface area contributed by atoms with Gasteiger partial charge in [0.15, 0.2) is 5.16 Å². The minimum Gasteiger partial charge on any atom is -0.339 e. The maximum absolute atomic E-state index is 13.3. The van der Waals surface area contributed by atoms with Gasteiger partial charge in [0, 0.05) is 55.5 Å². The quantitative estimate of drug-likeness (QED) is 0.117. The maximum atomic E-state index is 13.3. The van der Waals surface area contributed by atoms with Gasteiger partial charge in [-0.2, -0.15) is 0 Å². The zero-order valence-corrected chi connectivity index (χ0v) is 27.6. The smallest absolute Gasteiger partial charge is 0.254 e. The van der Waals surface area contributed by atoms with Crippen LogP contribution in [0.2, 0.25) is 0 Å². The number of hydrogen-bond donors (Lipinski definition) is 0. The standard InChI is InChI=1S/C37H45N5O2S/c1-4-5-7-13-30-18-20-32(21-19-30)36(44)41-23-22-40(27-29(41)3)35(43)17-11-24-45-37-39-38-34(26-31-14-8-6-9-15-31)42(37)33-16-10-12-28(2)25-33/h6,8-10,12,14-16,18-21,25,29H,4-5,7,11,13,17,22-24,26-27H2,1-3H3. The van der Waals surface area contributed by atoms with Crippen LogP contribution in [-0.4, -0.2) is 67.8 Å². The van der Waals surface area contributed by atoms with Crippen molar-refractivity contribution in [2.24, 2.45) is 0 Å². The van der Waals surface area contributed by atoms with E-state index in [4.69, 9.17) is 0 Å². The summed E-state index contributed by atoms with van der Waals surface area (Å²) >= 11 is 1.64. The Bertz CT molecular complexity index is 1550. The molecule has 4 aromatic rings. The van der Waals surface area contributed by atoms with Gasteiger partial charge in [0.2, 0.25) is 5.91 Å². The van der Waals surface area contributed by atoms with E-state index >= 15 is 0 Å². The summed E-state index contributed by atoms with van der Waals surface area (Å²) in [6.07, 6.45) is 6.58. The molecule has 0 N–H and O–H groups in total. The fourth-order valence-corrected chi connectivity index (χ4v) is 6.81. The van der Waals surface area contributed by atoms with Crippen molar-refractivity contribution in [1.82, 2.24) is 24.6 Å². The molecule has 3 aromatic carbocycles. The molecular formula is C37H45N5O2S. The van der Waals surface area contributed by atoms with E-state index in [0.29, 0.717) is 32.5 Å². The molecule has 0 saturated carbocycles. The molecule has 1 atom stereocenters. The van der Waals surface area contributed by atoms with Crippen LogP contribution in [0.4, 0.5) is 0 Å². The minimum atomic E-state index is -0.0234. The van der Waals surface area contributed by atoms with Gasteiger partial charge in [-0.3, -0.25) is 14.2 Å². The van der Waals surface area contributed by atoms with Crippen molar-refractivity contribution < 1.29 is 9.59 Å². The predicted octanol–water partition coefficient (Wildman–Crippen LogP) is 7.14. The first kappa shape index (κ1) is 32.5. The Balaban J connectivity index is 1.12. The van der Waals surface area contributed by atoms with Gasteiger partial charge in [-0.05, 0) is 74.1 Å². The molecule has 7 nitrogen and oxygen atoms in total. The first-order valence-corrected chi connectivity index (χ1v) is 17.3. The highest BCUT2D eigenvalue weighted by molar-refractivity contribution is 7.99. The van der Waals surface area contributed by atoms with Gasteiger partial charge in [0.25, 0.3) is 5.91 Å². The van der Waals surface area contributed by atoms with Crippen LogP contribution in [0.15, 0.2) is 84.0 Å². The summed E-state index contributed by atoms with van der Waals surface area (Å²) < 4.78 is 2.14. The highest BCUT2D eigenvalue weighted by atomic mass is 32.2. The number of carbonyl (C=O) groups excluding carboxylic acids is 2. The van der Waals surface area contributed by atoms with Crippen molar-refractivity contribution in [3.8, 4) is 5.69 Å². The van der Waals surface area contributed by atoms with Gasteiger partial charge in [0.1, 0.15) is 5.82 Å². The Morgan fingerprint density at radius 1 is 0.889 bits per heavy atom. The lowest BCUT2D eigenvalue weighted by Crippen LogP contribution is -2.55. The molecule has 2 amide bonds. The van der Waals surface area contributed by atoms with Gasteiger partial charge in [-0.15, -0.1) is 10.2 Å². The van der Waals surface area contributed by atoms with Crippen LogP contribution in [0.1, 0.15) is 78.8 Å². The average molecular weight is 624 g/mol. The Labute approximate surface area is 272 Å². The summed E-state index contributed by atoms with van der Waals surface area (Å²) in [4.78, 5) is 30.3. The van der Waals surface area contributed by atoms with Crippen LogP contribution in [0.5, 0.6) is 0 Å². The number of amides is 2. The Morgan fingerprint density at radius 2 is 1.69 bits per heavy atom. The Morgan fingerprint density at radius 3 is 2.42 bits per heavy atom. The van der Waals surface area contributed by atoms with Crippen molar-refractivity contribution in [3.63, 3.8) is 0 Å². The van der Waals surface area contributed by atoms with Crippen LogP contribution in [0, 0.1) is 6.92 Å². The number of piperazine rings is 1. The second kappa shape index (κ2) is 15.9. The normalized spacial score (nSPS) is 15.0. The molecule has 45 heavy (non-hydrogen) atoms.